The third-order valence-corrected chi connectivity index (χ3v) is 6.51. The number of allylic oxidation sites excluding steroid dienone is 4. The molecule has 1 N–H and O–H groups in total. The monoisotopic (exact) mass is 343 g/mol. The van der Waals surface area contributed by atoms with E-state index in [0.29, 0.717) is 5.92 Å². The molecule has 0 spiro atoms. The molecule has 1 atom stereocenters. The van der Waals surface area contributed by atoms with E-state index in [1.54, 1.807) is 0 Å². The molecule has 0 saturated heterocycles. The van der Waals surface area contributed by atoms with Gasteiger partial charge < -0.3 is 5.41 Å². The molecule has 134 valence electrons. The molecule has 1 aliphatic rings. The fraction of sp³-hybridized carbons (Fsp3) is 0.320. The Balaban J connectivity index is 2.36. The van der Waals surface area contributed by atoms with Crippen molar-refractivity contribution in [2.75, 3.05) is 0 Å². The Labute approximate surface area is 158 Å². The molecule has 1 unspecified atom stereocenters. The Hall–Kier alpha value is -2.41. The van der Waals surface area contributed by atoms with Crippen LogP contribution in [0.15, 0.2) is 47.1 Å². The molecule has 0 aliphatic heterocycles. The average Bonchev–Trinajstić information content (AvgIpc) is 2.82. The summed E-state index contributed by atoms with van der Waals surface area (Å²) in [5, 5.41) is 8.01. The van der Waals surface area contributed by atoms with Gasteiger partial charge in [0.15, 0.2) is 0 Å². The SMILES string of the molecule is CC1=C(C)C(C)C(c2c(C=N)cccc2-c2ccc(C)c(C)c2C)=C1C. The van der Waals surface area contributed by atoms with E-state index in [2.05, 4.69) is 78.8 Å². The first-order chi connectivity index (χ1) is 12.3. The molecule has 1 nitrogen and oxygen atoms in total. The first-order valence-electron chi connectivity index (χ1n) is 9.39. The molecule has 0 heterocycles. The normalized spacial score (nSPS) is 17.3. The predicted octanol–water partition coefficient (Wildman–Crippen LogP) is 7.04. The quantitative estimate of drug-likeness (QED) is 0.578. The summed E-state index contributed by atoms with van der Waals surface area (Å²) in [6.45, 7) is 15.6. The molecule has 2 aromatic carbocycles. The van der Waals surface area contributed by atoms with Crippen LogP contribution in [-0.4, -0.2) is 6.21 Å². The maximum atomic E-state index is 8.01. The van der Waals surface area contributed by atoms with Gasteiger partial charge in [0, 0.05) is 17.7 Å². The van der Waals surface area contributed by atoms with E-state index in [-0.39, 0.29) is 0 Å². The Morgan fingerprint density at radius 2 is 1.50 bits per heavy atom. The van der Waals surface area contributed by atoms with Crippen molar-refractivity contribution < 1.29 is 0 Å². The summed E-state index contributed by atoms with van der Waals surface area (Å²) >= 11 is 0. The van der Waals surface area contributed by atoms with E-state index >= 15 is 0 Å². The lowest BCUT2D eigenvalue weighted by molar-refractivity contribution is 0.895. The minimum Gasteiger partial charge on any atom is -0.308 e. The van der Waals surface area contributed by atoms with Gasteiger partial charge in [-0.2, -0.15) is 0 Å². The van der Waals surface area contributed by atoms with E-state index < -0.39 is 0 Å². The molecular formula is C25H29N. The van der Waals surface area contributed by atoms with E-state index in [1.165, 1.54) is 61.9 Å². The summed E-state index contributed by atoms with van der Waals surface area (Å²) in [7, 11) is 0. The van der Waals surface area contributed by atoms with E-state index in [0.717, 1.165) is 5.56 Å². The second-order valence-electron chi connectivity index (χ2n) is 7.66. The maximum Gasteiger partial charge on any atom is 0.0256 e. The summed E-state index contributed by atoms with van der Waals surface area (Å²) < 4.78 is 0. The zero-order valence-corrected chi connectivity index (χ0v) is 17.0. The molecule has 0 radical (unpaired) electrons. The largest absolute Gasteiger partial charge is 0.308 e. The lowest BCUT2D eigenvalue weighted by Crippen LogP contribution is -2.04. The van der Waals surface area contributed by atoms with Gasteiger partial charge in [-0.25, -0.2) is 0 Å². The molecule has 0 bridgehead atoms. The van der Waals surface area contributed by atoms with Crippen LogP contribution in [-0.2, 0) is 0 Å². The maximum absolute atomic E-state index is 8.01. The van der Waals surface area contributed by atoms with Crippen LogP contribution < -0.4 is 0 Å². The van der Waals surface area contributed by atoms with Gasteiger partial charge in [0.25, 0.3) is 0 Å². The van der Waals surface area contributed by atoms with Crippen molar-refractivity contribution >= 4 is 11.8 Å². The average molecular weight is 344 g/mol. The lowest BCUT2D eigenvalue weighted by Gasteiger charge is -2.21. The Morgan fingerprint density at radius 1 is 0.808 bits per heavy atom. The Bertz CT molecular complexity index is 970. The second kappa shape index (κ2) is 6.72. The van der Waals surface area contributed by atoms with Crippen molar-refractivity contribution in [3.63, 3.8) is 0 Å². The van der Waals surface area contributed by atoms with Crippen molar-refractivity contribution in [3.8, 4) is 11.1 Å². The van der Waals surface area contributed by atoms with Gasteiger partial charge >= 0.3 is 0 Å². The summed E-state index contributed by atoms with van der Waals surface area (Å²) in [6, 6.07) is 10.8. The molecular weight excluding hydrogens is 314 g/mol. The van der Waals surface area contributed by atoms with Crippen LogP contribution >= 0.6 is 0 Å². The van der Waals surface area contributed by atoms with Gasteiger partial charge in [-0.15, -0.1) is 0 Å². The van der Waals surface area contributed by atoms with Crippen LogP contribution in [0.5, 0.6) is 0 Å². The molecule has 1 aliphatic carbocycles. The number of benzene rings is 2. The summed E-state index contributed by atoms with van der Waals surface area (Å²) in [5.41, 5.74) is 14.4. The van der Waals surface area contributed by atoms with Crippen LogP contribution in [0.4, 0.5) is 0 Å². The molecule has 0 aromatic heterocycles. The van der Waals surface area contributed by atoms with Gasteiger partial charge in [0.1, 0.15) is 0 Å². The van der Waals surface area contributed by atoms with Crippen LogP contribution in [0, 0.1) is 32.1 Å². The number of aryl methyl sites for hydroxylation is 1. The molecule has 26 heavy (non-hydrogen) atoms. The van der Waals surface area contributed by atoms with Crippen LogP contribution in [0.1, 0.15) is 55.5 Å². The number of rotatable bonds is 3. The lowest BCUT2D eigenvalue weighted by atomic mass is 9.82. The Kier molecular flexibility index (Phi) is 4.75. The standard InChI is InChI=1S/C25H29N/c1-14-11-12-22(18(5)15(14)2)23-10-8-9-21(13-26)25(23)24-19(6)16(3)17(4)20(24)7/h8-13,19,26H,1-7H3. The van der Waals surface area contributed by atoms with Crippen molar-refractivity contribution in [1.82, 2.24) is 0 Å². The van der Waals surface area contributed by atoms with Crippen LogP contribution in [0.25, 0.3) is 16.7 Å². The van der Waals surface area contributed by atoms with Gasteiger partial charge in [-0.1, -0.05) is 42.8 Å². The molecule has 0 amide bonds. The molecule has 1 heteroatoms. The highest BCUT2D eigenvalue weighted by Gasteiger charge is 2.28. The van der Waals surface area contributed by atoms with E-state index in [1.807, 2.05) is 0 Å². The third-order valence-electron chi connectivity index (χ3n) is 6.51. The smallest absolute Gasteiger partial charge is 0.0256 e. The number of hydrogen-bond acceptors (Lipinski definition) is 1. The first-order valence-corrected chi connectivity index (χ1v) is 9.39. The van der Waals surface area contributed by atoms with Crippen LogP contribution in [0.2, 0.25) is 0 Å². The zero-order valence-electron chi connectivity index (χ0n) is 17.0. The minimum atomic E-state index is 0.390. The van der Waals surface area contributed by atoms with Gasteiger partial charge in [-0.05, 0) is 91.6 Å². The predicted molar refractivity (Wildman–Crippen MR) is 114 cm³/mol. The summed E-state index contributed by atoms with van der Waals surface area (Å²) in [6.07, 6.45) is 1.51. The van der Waals surface area contributed by atoms with Crippen molar-refractivity contribution in [1.29, 1.82) is 5.41 Å². The van der Waals surface area contributed by atoms with Crippen LogP contribution in [0.3, 0.4) is 0 Å². The fourth-order valence-electron chi connectivity index (χ4n) is 4.23. The minimum absolute atomic E-state index is 0.390. The highest BCUT2D eigenvalue weighted by molar-refractivity contribution is 5.97. The topological polar surface area (TPSA) is 23.9 Å². The molecule has 0 saturated carbocycles. The van der Waals surface area contributed by atoms with E-state index in [4.69, 9.17) is 5.41 Å². The van der Waals surface area contributed by atoms with Crippen molar-refractivity contribution in [3.05, 3.63) is 74.9 Å². The van der Waals surface area contributed by atoms with Gasteiger partial charge in [0.05, 0.1) is 0 Å². The summed E-state index contributed by atoms with van der Waals surface area (Å²) in [5.74, 6) is 0.390. The number of nitrogens with one attached hydrogen (secondary N) is 1. The van der Waals surface area contributed by atoms with E-state index in [9.17, 15) is 0 Å². The Morgan fingerprint density at radius 3 is 2.08 bits per heavy atom. The molecule has 2 aromatic rings. The van der Waals surface area contributed by atoms with Gasteiger partial charge in [0.2, 0.25) is 0 Å². The highest BCUT2D eigenvalue weighted by Crippen LogP contribution is 2.46. The second-order valence-corrected chi connectivity index (χ2v) is 7.66. The molecule has 0 fully saturated rings. The number of hydrogen-bond donors (Lipinski definition) is 1. The zero-order chi connectivity index (χ0) is 19.2. The highest BCUT2D eigenvalue weighted by atomic mass is 14.4. The third kappa shape index (κ3) is 2.67. The first kappa shape index (κ1) is 18.4. The molecule has 3 rings (SSSR count). The van der Waals surface area contributed by atoms with Crippen molar-refractivity contribution in [2.24, 2.45) is 5.92 Å². The summed E-state index contributed by atoms with van der Waals surface area (Å²) in [4.78, 5) is 0. The van der Waals surface area contributed by atoms with Gasteiger partial charge in [-0.3, -0.25) is 0 Å². The fourth-order valence-corrected chi connectivity index (χ4v) is 4.23. The van der Waals surface area contributed by atoms with Crippen molar-refractivity contribution in [2.45, 2.75) is 48.5 Å².